The Kier molecular flexibility index (Phi) is 6.09. The highest BCUT2D eigenvalue weighted by Gasteiger charge is 2.11. The third-order valence-corrected chi connectivity index (χ3v) is 6.00. The lowest BCUT2D eigenvalue weighted by Gasteiger charge is -2.10. The zero-order valence-corrected chi connectivity index (χ0v) is 18.9. The molecule has 0 unspecified atom stereocenters. The summed E-state index contributed by atoms with van der Waals surface area (Å²) in [6.07, 6.45) is 5.37. The van der Waals surface area contributed by atoms with Gasteiger partial charge in [0.25, 0.3) is 5.91 Å². The molecule has 3 aromatic heterocycles. The first-order valence-corrected chi connectivity index (χ1v) is 11.5. The Morgan fingerprint density at radius 2 is 1.85 bits per heavy atom. The summed E-state index contributed by atoms with van der Waals surface area (Å²) in [5, 5.41) is 11.4. The van der Waals surface area contributed by atoms with Crippen molar-refractivity contribution in [3.63, 3.8) is 0 Å². The molecule has 9 heteroatoms. The zero-order chi connectivity index (χ0) is 23.3. The van der Waals surface area contributed by atoms with Crippen LogP contribution in [0.2, 0.25) is 0 Å². The summed E-state index contributed by atoms with van der Waals surface area (Å²) in [5.74, 6) is 1.17. The summed E-state index contributed by atoms with van der Waals surface area (Å²) >= 11 is 1.52. The number of hydrogen-bond acceptors (Lipinski definition) is 7. The average Bonchev–Trinajstić information content (AvgIpc) is 3.34. The van der Waals surface area contributed by atoms with E-state index < -0.39 is 0 Å². The van der Waals surface area contributed by atoms with Crippen LogP contribution in [0.5, 0.6) is 0 Å². The molecule has 0 aliphatic rings. The average molecular weight is 468 g/mol. The fraction of sp³-hybridized carbons (Fsp3) is 0.0400. The monoisotopic (exact) mass is 467 g/mol. The second kappa shape index (κ2) is 9.63. The van der Waals surface area contributed by atoms with Crippen molar-refractivity contribution in [1.82, 2.24) is 19.6 Å². The van der Waals surface area contributed by atoms with E-state index in [1.165, 1.54) is 11.8 Å². The van der Waals surface area contributed by atoms with Crippen molar-refractivity contribution in [3.05, 3.63) is 103 Å². The van der Waals surface area contributed by atoms with Crippen LogP contribution in [0.15, 0.2) is 96.5 Å². The fourth-order valence-electron chi connectivity index (χ4n) is 3.35. The van der Waals surface area contributed by atoms with Crippen molar-refractivity contribution in [3.8, 4) is 0 Å². The summed E-state index contributed by atoms with van der Waals surface area (Å²) in [7, 11) is 0. The van der Waals surface area contributed by atoms with Crippen LogP contribution in [-0.2, 0) is 5.75 Å². The summed E-state index contributed by atoms with van der Waals surface area (Å²) in [4.78, 5) is 21.4. The van der Waals surface area contributed by atoms with Crippen LogP contribution < -0.4 is 16.4 Å². The number of hydrogen-bond donors (Lipinski definition) is 3. The first-order valence-electron chi connectivity index (χ1n) is 10.6. The molecule has 0 spiro atoms. The van der Waals surface area contributed by atoms with E-state index in [4.69, 9.17) is 10.7 Å². The SMILES string of the molecule is Nc1ccccc1NC(=O)c1ccc(CSc2nc(Nc3cccnc3)c3cccn3n2)cc1. The van der Waals surface area contributed by atoms with Gasteiger partial charge in [0.15, 0.2) is 5.82 Å². The molecule has 5 rings (SSSR count). The first kappa shape index (κ1) is 21.5. The molecule has 0 fully saturated rings. The van der Waals surface area contributed by atoms with Crippen molar-refractivity contribution >= 4 is 46.1 Å². The summed E-state index contributed by atoms with van der Waals surface area (Å²) in [5.41, 5.74) is 10.4. The van der Waals surface area contributed by atoms with Gasteiger partial charge < -0.3 is 16.4 Å². The lowest BCUT2D eigenvalue weighted by Crippen LogP contribution is -2.13. The van der Waals surface area contributed by atoms with Crippen LogP contribution in [0.3, 0.4) is 0 Å². The Morgan fingerprint density at radius 1 is 1.00 bits per heavy atom. The number of nitrogens with zero attached hydrogens (tertiary/aromatic N) is 4. The summed E-state index contributed by atoms with van der Waals surface area (Å²) in [6.45, 7) is 0. The minimum Gasteiger partial charge on any atom is -0.397 e. The van der Waals surface area contributed by atoms with Crippen molar-refractivity contribution in [2.75, 3.05) is 16.4 Å². The maximum Gasteiger partial charge on any atom is 0.255 e. The van der Waals surface area contributed by atoms with Crippen LogP contribution in [-0.4, -0.2) is 25.5 Å². The molecule has 0 aliphatic carbocycles. The van der Waals surface area contributed by atoms with Gasteiger partial charge in [-0.25, -0.2) is 9.50 Å². The Hall–Kier alpha value is -4.37. The smallest absolute Gasteiger partial charge is 0.255 e. The number of nitrogens with one attached hydrogen (secondary N) is 2. The van der Waals surface area contributed by atoms with Gasteiger partial charge in [-0.1, -0.05) is 36.0 Å². The van der Waals surface area contributed by atoms with E-state index in [-0.39, 0.29) is 5.91 Å². The van der Waals surface area contributed by atoms with E-state index >= 15 is 0 Å². The van der Waals surface area contributed by atoms with E-state index in [1.54, 1.807) is 41.2 Å². The van der Waals surface area contributed by atoms with Gasteiger partial charge in [-0.05, 0) is 54.1 Å². The number of aromatic nitrogens is 4. The zero-order valence-electron chi connectivity index (χ0n) is 18.1. The molecule has 168 valence electrons. The maximum atomic E-state index is 12.5. The Bertz CT molecular complexity index is 1440. The minimum absolute atomic E-state index is 0.204. The largest absolute Gasteiger partial charge is 0.397 e. The number of carbonyl (C=O) groups is 1. The molecule has 3 heterocycles. The molecular weight excluding hydrogens is 446 g/mol. The molecule has 0 aliphatic heterocycles. The molecule has 0 bridgehead atoms. The molecule has 0 saturated carbocycles. The van der Waals surface area contributed by atoms with E-state index in [0.717, 1.165) is 16.8 Å². The van der Waals surface area contributed by atoms with Crippen molar-refractivity contribution in [2.45, 2.75) is 10.9 Å². The normalized spacial score (nSPS) is 10.8. The summed E-state index contributed by atoms with van der Waals surface area (Å²) < 4.78 is 1.80. The molecule has 0 radical (unpaired) electrons. The molecule has 1 amide bonds. The van der Waals surface area contributed by atoms with Crippen molar-refractivity contribution in [2.24, 2.45) is 0 Å². The second-order valence-electron chi connectivity index (χ2n) is 7.47. The van der Waals surface area contributed by atoms with Gasteiger partial charge >= 0.3 is 0 Å². The number of para-hydroxylation sites is 2. The van der Waals surface area contributed by atoms with Crippen molar-refractivity contribution < 1.29 is 4.79 Å². The van der Waals surface area contributed by atoms with Gasteiger partial charge in [0.2, 0.25) is 5.16 Å². The van der Waals surface area contributed by atoms with E-state index in [9.17, 15) is 4.79 Å². The number of nitrogens with two attached hydrogens (primary N) is 1. The van der Waals surface area contributed by atoms with E-state index in [0.29, 0.717) is 33.7 Å². The lowest BCUT2D eigenvalue weighted by atomic mass is 10.1. The second-order valence-corrected chi connectivity index (χ2v) is 8.42. The van der Waals surface area contributed by atoms with Gasteiger partial charge in [0.05, 0.1) is 23.3 Å². The topological polar surface area (TPSA) is 110 Å². The van der Waals surface area contributed by atoms with Crippen LogP contribution in [0.1, 0.15) is 15.9 Å². The van der Waals surface area contributed by atoms with Crippen LogP contribution in [0.25, 0.3) is 5.52 Å². The third-order valence-electron chi connectivity index (χ3n) is 5.09. The predicted molar refractivity (Wildman–Crippen MR) is 135 cm³/mol. The van der Waals surface area contributed by atoms with Crippen LogP contribution in [0, 0.1) is 0 Å². The number of rotatable bonds is 7. The van der Waals surface area contributed by atoms with E-state index in [2.05, 4.69) is 20.7 Å². The number of fused-ring (bicyclic) bond motifs is 1. The Balaban J connectivity index is 1.27. The maximum absolute atomic E-state index is 12.5. The highest BCUT2D eigenvalue weighted by molar-refractivity contribution is 7.98. The number of nitrogen functional groups attached to an aromatic ring is 1. The molecule has 0 atom stereocenters. The Morgan fingerprint density at radius 3 is 2.65 bits per heavy atom. The van der Waals surface area contributed by atoms with Gasteiger partial charge in [0.1, 0.15) is 5.52 Å². The molecule has 5 aromatic rings. The number of pyridine rings is 1. The minimum atomic E-state index is -0.204. The number of amides is 1. The third kappa shape index (κ3) is 4.84. The first-order chi connectivity index (χ1) is 16.7. The van der Waals surface area contributed by atoms with Crippen LogP contribution in [0.4, 0.5) is 22.9 Å². The quantitative estimate of drug-likeness (QED) is 0.228. The highest BCUT2D eigenvalue weighted by Crippen LogP contribution is 2.25. The molecule has 2 aromatic carbocycles. The Labute approximate surface area is 200 Å². The molecule has 34 heavy (non-hydrogen) atoms. The summed E-state index contributed by atoms with van der Waals surface area (Å²) in [6, 6.07) is 22.3. The van der Waals surface area contributed by atoms with Crippen LogP contribution >= 0.6 is 11.8 Å². The van der Waals surface area contributed by atoms with Gasteiger partial charge in [-0.3, -0.25) is 9.78 Å². The number of benzene rings is 2. The standard InChI is InChI=1S/C25H21N7OS/c26-20-6-1-2-7-21(20)29-24(33)18-11-9-17(10-12-18)16-34-25-30-23(22-8-4-14-32(22)31-25)28-19-5-3-13-27-15-19/h1-15H,16,26H2,(H,29,33)(H,28,30,31). The fourth-order valence-corrected chi connectivity index (χ4v) is 4.14. The molecule has 8 nitrogen and oxygen atoms in total. The molecule has 4 N–H and O–H groups in total. The number of carbonyl (C=O) groups excluding carboxylic acids is 1. The molecular formula is C25H21N7OS. The number of anilines is 4. The predicted octanol–water partition coefficient (Wildman–Crippen LogP) is 4.99. The van der Waals surface area contributed by atoms with Gasteiger partial charge in [-0.15, -0.1) is 5.10 Å². The highest BCUT2D eigenvalue weighted by atomic mass is 32.2. The van der Waals surface area contributed by atoms with Gasteiger partial charge in [-0.2, -0.15) is 0 Å². The van der Waals surface area contributed by atoms with E-state index in [1.807, 2.05) is 54.7 Å². The lowest BCUT2D eigenvalue weighted by molar-refractivity contribution is 0.102. The number of thioether (sulfide) groups is 1. The van der Waals surface area contributed by atoms with Gasteiger partial charge in [0, 0.05) is 23.7 Å². The molecule has 0 saturated heterocycles. The van der Waals surface area contributed by atoms with Crippen molar-refractivity contribution in [1.29, 1.82) is 0 Å².